The van der Waals surface area contributed by atoms with Gasteiger partial charge in [-0.3, -0.25) is 4.99 Å². The molecule has 0 amide bonds. The second-order valence-corrected chi connectivity index (χ2v) is 6.07. The van der Waals surface area contributed by atoms with Crippen LogP contribution in [0.4, 0.5) is 5.69 Å². The Balaban J connectivity index is 2.06. The SMILES string of the molecule is CCC1(C)CSC(Nc2ccc(Br)cc2)=N1. The molecule has 1 unspecified atom stereocenters. The van der Waals surface area contributed by atoms with Gasteiger partial charge in [-0.25, -0.2) is 0 Å². The molecule has 1 aliphatic rings. The maximum absolute atomic E-state index is 4.71. The van der Waals surface area contributed by atoms with Crippen molar-refractivity contribution < 1.29 is 0 Å². The highest BCUT2D eigenvalue weighted by Crippen LogP contribution is 2.30. The molecule has 1 aromatic carbocycles. The van der Waals surface area contributed by atoms with Gasteiger partial charge in [0.15, 0.2) is 5.17 Å². The number of benzene rings is 1. The number of rotatable bonds is 2. The fourth-order valence-corrected chi connectivity index (χ4v) is 2.89. The van der Waals surface area contributed by atoms with E-state index in [4.69, 9.17) is 4.99 Å². The molecule has 0 bridgehead atoms. The van der Waals surface area contributed by atoms with Crippen LogP contribution in [-0.2, 0) is 0 Å². The third kappa shape index (κ3) is 2.80. The first-order valence-electron chi connectivity index (χ1n) is 5.36. The average molecular weight is 299 g/mol. The summed E-state index contributed by atoms with van der Waals surface area (Å²) in [5.41, 5.74) is 1.21. The van der Waals surface area contributed by atoms with Crippen LogP contribution in [0, 0.1) is 0 Å². The minimum Gasteiger partial charge on any atom is -0.335 e. The Hall–Kier alpha value is -0.480. The predicted octanol–water partition coefficient (Wildman–Crippen LogP) is 4.13. The molecule has 2 rings (SSSR count). The Bertz CT molecular complexity index is 402. The highest BCUT2D eigenvalue weighted by molar-refractivity contribution is 9.10. The van der Waals surface area contributed by atoms with Gasteiger partial charge in [-0.2, -0.15) is 0 Å². The Labute approximate surface area is 109 Å². The molecule has 1 heterocycles. The molecule has 0 spiro atoms. The first-order valence-corrected chi connectivity index (χ1v) is 7.14. The Morgan fingerprint density at radius 3 is 2.69 bits per heavy atom. The normalized spacial score (nSPS) is 24.3. The molecule has 1 aliphatic heterocycles. The summed E-state index contributed by atoms with van der Waals surface area (Å²) in [6, 6.07) is 8.16. The molecule has 2 nitrogen and oxygen atoms in total. The molecule has 1 atom stereocenters. The number of hydrogen-bond donors (Lipinski definition) is 1. The molecule has 4 heteroatoms. The number of amidine groups is 1. The van der Waals surface area contributed by atoms with E-state index in [9.17, 15) is 0 Å². The van der Waals surface area contributed by atoms with Gasteiger partial charge in [-0.1, -0.05) is 34.6 Å². The van der Waals surface area contributed by atoms with Crippen LogP contribution in [0.5, 0.6) is 0 Å². The van der Waals surface area contributed by atoms with E-state index in [2.05, 4.69) is 47.2 Å². The van der Waals surface area contributed by atoms with Crippen molar-refractivity contribution in [2.24, 2.45) is 4.99 Å². The topological polar surface area (TPSA) is 24.4 Å². The van der Waals surface area contributed by atoms with E-state index >= 15 is 0 Å². The van der Waals surface area contributed by atoms with E-state index in [0.29, 0.717) is 0 Å². The van der Waals surface area contributed by atoms with E-state index in [-0.39, 0.29) is 5.54 Å². The smallest absolute Gasteiger partial charge is 0.161 e. The van der Waals surface area contributed by atoms with Gasteiger partial charge in [0.2, 0.25) is 0 Å². The van der Waals surface area contributed by atoms with Gasteiger partial charge < -0.3 is 5.32 Å². The Morgan fingerprint density at radius 1 is 1.44 bits per heavy atom. The van der Waals surface area contributed by atoms with Gasteiger partial charge in [0.1, 0.15) is 0 Å². The maximum Gasteiger partial charge on any atom is 0.161 e. The van der Waals surface area contributed by atoms with Crippen molar-refractivity contribution >= 4 is 38.5 Å². The highest BCUT2D eigenvalue weighted by atomic mass is 79.9. The zero-order valence-electron chi connectivity index (χ0n) is 9.46. The summed E-state index contributed by atoms with van der Waals surface area (Å²) < 4.78 is 1.09. The Morgan fingerprint density at radius 2 is 2.12 bits per heavy atom. The number of thioether (sulfide) groups is 1. The summed E-state index contributed by atoms with van der Waals surface area (Å²) in [7, 11) is 0. The predicted molar refractivity (Wildman–Crippen MR) is 76.4 cm³/mol. The summed E-state index contributed by atoms with van der Waals surface area (Å²) in [4.78, 5) is 4.71. The summed E-state index contributed by atoms with van der Waals surface area (Å²) in [5, 5.41) is 4.38. The zero-order chi connectivity index (χ0) is 11.6. The molecule has 86 valence electrons. The van der Waals surface area contributed by atoms with Crippen LogP contribution >= 0.6 is 27.7 Å². The van der Waals surface area contributed by atoms with Crippen LogP contribution in [0.2, 0.25) is 0 Å². The lowest BCUT2D eigenvalue weighted by atomic mass is 10.0. The lowest BCUT2D eigenvalue weighted by molar-refractivity contribution is 0.523. The third-order valence-electron chi connectivity index (χ3n) is 2.75. The van der Waals surface area contributed by atoms with Gasteiger partial charge in [-0.15, -0.1) is 0 Å². The van der Waals surface area contributed by atoms with Crippen LogP contribution in [-0.4, -0.2) is 16.5 Å². The van der Waals surface area contributed by atoms with Crippen LogP contribution in [0.3, 0.4) is 0 Å². The summed E-state index contributed by atoms with van der Waals surface area (Å²) in [6.07, 6.45) is 1.09. The summed E-state index contributed by atoms with van der Waals surface area (Å²) >= 11 is 5.22. The minimum atomic E-state index is 0.113. The number of nitrogens with zero attached hydrogens (tertiary/aromatic N) is 1. The Kier molecular flexibility index (Phi) is 3.60. The van der Waals surface area contributed by atoms with Crippen LogP contribution in [0.25, 0.3) is 0 Å². The standard InChI is InChI=1S/C12H15BrN2S/c1-3-12(2)8-16-11(15-12)14-10-6-4-9(13)5-7-10/h4-7H,3,8H2,1-2H3,(H,14,15). The molecule has 0 saturated heterocycles. The molecule has 16 heavy (non-hydrogen) atoms. The summed E-state index contributed by atoms with van der Waals surface area (Å²) in [5.74, 6) is 1.07. The van der Waals surface area contributed by atoms with Crippen molar-refractivity contribution in [1.82, 2.24) is 0 Å². The van der Waals surface area contributed by atoms with E-state index in [1.807, 2.05) is 12.1 Å². The average Bonchev–Trinajstić information content (AvgIpc) is 2.65. The van der Waals surface area contributed by atoms with Crippen molar-refractivity contribution in [3.05, 3.63) is 28.7 Å². The molecule has 0 fully saturated rings. The van der Waals surface area contributed by atoms with Gasteiger partial charge in [-0.05, 0) is 37.6 Å². The van der Waals surface area contributed by atoms with Gasteiger partial charge in [0, 0.05) is 15.9 Å². The summed E-state index contributed by atoms with van der Waals surface area (Å²) in [6.45, 7) is 4.39. The number of halogens is 1. The van der Waals surface area contributed by atoms with Crippen LogP contribution in [0.15, 0.2) is 33.7 Å². The fourth-order valence-electron chi connectivity index (χ4n) is 1.44. The van der Waals surface area contributed by atoms with E-state index in [1.165, 1.54) is 0 Å². The molecular weight excluding hydrogens is 284 g/mol. The lowest BCUT2D eigenvalue weighted by Gasteiger charge is -2.15. The lowest BCUT2D eigenvalue weighted by Crippen LogP contribution is -2.20. The van der Waals surface area contributed by atoms with Crippen LogP contribution < -0.4 is 5.32 Å². The first kappa shape index (κ1) is 12.0. The monoisotopic (exact) mass is 298 g/mol. The van der Waals surface area contributed by atoms with E-state index in [0.717, 1.165) is 27.5 Å². The van der Waals surface area contributed by atoms with Crippen molar-refractivity contribution in [1.29, 1.82) is 0 Å². The van der Waals surface area contributed by atoms with E-state index < -0.39 is 0 Å². The molecule has 0 aromatic heterocycles. The largest absolute Gasteiger partial charge is 0.335 e. The molecular formula is C12H15BrN2S. The molecule has 0 radical (unpaired) electrons. The molecule has 0 aliphatic carbocycles. The zero-order valence-corrected chi connectivity index (χ0v) is 11.9. The van der Waals surface area contributed by atoms with Crippen molar-refractivity contribution in [3.8, 4) is 0 Å². The number of hydrogen-bond acceptors (Lipinski definition) is 3. The number of anilines is 1. The number of aliphatic imine (C=N–C) groups is 1. The second kappa shape index (κ2) is 4.80. The molecule has 0 saturated carbocycles. The molecule has 1 aromatic rings. The van der Waals surface area contributed by atoms with E-state index in [1.54, 1.807) is 11.8 Å². The number of nitrogens with one attached hydrogen (secondary N) is 1. The van der Waals surface area contributed by atoms with Gasteiger partial charge in [0.05, 0.1) is 5.54 Å². The quantitative estimate of drug-likeness (QED) is 0.888. The minimum absolute atomic E-state index is 0.113. The van der Waals surface area contributed by atoms with Gasteiger partial charge in [0.25, 0.3) is 0 Å². The van der Waals surface area contributed by atoms with Crippen LogP contribution in [0.1, 0.15) is 20.3 Å². The maximum atomic E-state index is 4.71. The highest BCUT2D eigenvalue weighted by Gasteiger charge is 2.28. The van der Waals surface area contributed by atoms with Crippen molar-refractivity contribution in [2.75, 3.05) is 11.1 Å². The first-order chi connectivity index (χ1) is 7.61. The second-order valence-electron chi connectivity index (χ2n) is 4.19. The van der Waals surface area contributed by atoms with Gasteiger partial charge >= 0.3 is 0 Å². The third-order valence-corrected chi connectivity index (χ3v) is 4.51. The fraction of sp³-hybridized carbons (Fsp3) is 0.417. The van der Waals surface area contributed by atoms with Crippen molar-refractivity contribution in [2.45, 2.75) is 25.8 Å². The van der Waals surface area contributed by atoms with Crippen molar-refractivity contribution in [3.63, 3.8) is 0 Å². The molecule has 1 N–H and O–H groups in total.